The van der Waals surface area contributed by atoms with E-state index in [0.717, 1.165) is 12.8 Å². The van der Waals surface area contributed by atoms with Crippen molar-refractivity contribution in [2.24, 2.45) is 0 Å². The third-order valence-corrected chi connectivity index (χ3v) is 8.94. The Labute approximate surface area is 166 Å². The Morgan fingerprint density at radius 3 is 2.12 bits per heavy atom. The van der Waals surface area contributed by atoms with Gasteiger partial charge in [-0.3, -0.25) is 0 Å². The molecular weight excluding hydrogens is 368 g/mol. The number of rotatable bonds is 3. The third kappa shape index (κ3) is 7.40. The zero-order chi connectivity index (χ0) is 20.0. The maximum atomic E-state index is 11.7. The first-order valence-electron chi connectivity index (χ1n) is 9.18. The Hall–Kier alpha value is -0.870. The van der Waals surface area contributed by atoms with Gasteiger partial charge in [0.2, 0.25) is 0 Å². The van der Waals surface area contributed by atoms with E-state index in [9.17, 15) is 4.79 Å². The van der Waals surface area contributed by atoms with Crippen LogP contribution in [-0.4, -0.2) is 42.7 Å². The minimum Gasteiger partial charge on any atom is -0.490 e. The highest BCUT2D eigenvalue weighted by molar-refractivity contribution is 8.33. The molecule has 0 saturated heterocycles. The highest BCUT2D eigenvalue weighted by Gasteiger charge is 2.22. The molecule has 0 aliphatic heterocycles. The fourth-order valence-electron chi connectivity index (χ4n) is 2.24. The van der Waals surface area contributed by atoms with Gasteiger partial charge in [0.25, 0.3) is 0 Å². The van der Waals surface area contributed by atoms with Gasteiger partial charge in [0.15, 0.2) is 0 Å². The van der Waals surface area contributed by atoms with Crippen LogP contribution in [0.25, 0.3) is 0 Å². The summed E-state index contributed by atoms with van der Waals surface area (Å²) in [5.74, 6) is 0.154. The first kappa shape index (κ1) is 23.2. The van der Waals surface area contributed by atoms with Crippen molar-refractivity contribution < 1.29 is 14.3 Å². The fraction of sp³-hybridized carbons (Fsp3) is 0.667. The second-order valence-corrected chi connectivity index (χ2v) is 13.8. The van der Waals surface area contributed by atoms with E-state index < -0.39 is 5.97 Å². The van der Waals surface area contributed by atoms with Crippen LogP contribution in [0.15, 0.2) is 18.2 Å². The monoisotopic (exact) mass is 402 g/mol. The van der Waals surface area contributed by atoms with Crippen molar-refractivity contribution >= 4 is 27.6 Å². The summed E-state index contributed by atoms with van der Waals surface area (Å²) in [6, 6.07) is 5.06. The van der Waals surface area contributed by atoms with Crippen LogP contribution in [0.4, 0.5) is 0 Å². The van der Waals surface area contributed by atoms with Gasteiger partial charge in [-0.2, -0.15) is 0 Å². The van der Waals surface area contributed by atoms with Gasteiger partial charge in [-0.05, 0) is 67.4 Å². The molecule has 1 aromatic rings. The predicted molar refractivity (Wildman–Crippen MR) is 115 cm³/mol. The molecule has 0 atom stereocenters. The Balaban J connectivity index is 0.000000359. The van der Waals surface area contributed by atoms with Crippen molar-refractivity contribution in [3.63, 3.8) is 0 Å². The molecular formula is C21H35ClO3S. The second kappa shape index (κ2) is 9.89. The molecule has 1 aromatic carbocycles. The van der Waals surface area contributed by atoms with Gasteiger partial charge in [0, 0.05) is 5.02 Å². The van der Waals surface area contributed by atoms with E-state index in [2.05, 4.69) is 39.5 Å². The average molecular weight is 403 g/mol. The molecule has 150 valence electrons. The zero-order valence-electron chi connectivity index (χ0n) is 17.4. The molecule has 0 bridgehead atoms. The summed E-state index contributed by atoms with van der Waals surface area (Å²) in [5, 5.41) is 0.506. The summed E-state index contributed by atoms with van der Waals surface area (Å²) >= 11 is 5.90. The molecule has 2 rings (SSSR count). The summed E-state index contributed by atoms with van der Waals surface area (Å²) in [6.07, 6.45) is 13.0. The molecule has 0 heterocycles. The highest BCUT2D eigenvalue weighted by atomic mass is 35.5. The van der Waals surface area contributed by atoms with E-state index in [1.54, 1.807) is 18.2 Å². The Morgan fingerprint density at radius 1 is 1.12 bits per heavy atom. The van der Waals surface area contributed by atoms with Crippen LogP contribution in [0.5, 0.6) is 5.75 Å². The van der Waals surface area contributed by atoms with Crippen LogP contribution < -0.4 is 4.74 Å². The van der Waals surface area contributed by atoms with E-state index >= 15 is 0 Å². The number of hydrogen-bond donors (Lipinski definition) is 0. The van der Waals surface area contributed by atoms with Crippen molar-refractivity contribution in [3.05, 3.63) is 28.8 Å². The number of carbonyl (C=O) groups excluding carboxylic acids is 1. The maximum absolute atomic E-state index is 11.7. The quantitative estimate of drug-likeness (QED) is 0.555. The number of benzene rings is 1. The lowest BCUT2D eigenvalue weighted by molar-refractivity contribution is 0.0590. The molecule has 5 heteroatoms. The van der Waals surface area contributed by atoms with Gasteiger partial charge in [-0.1, -0.05) is 38.8 Å². The Morgan fingerprint density at radius 2 is 1.65 bits per heavy atom. The lowest BCUT2D eigenvalue weighted by Gasteiger charge is -2.40. The number of halogens is 1. The van der Waals surface area contributed by atoms with Crippen LogP contribution in [0.1, 0.15) is 63.2 Å². The Kier molecular flexibility index (Phi) is 8.81. The summed E-state index contributed by atoms with van der Waals surface area (Å²) in [7, 11) is 1.01. The minimum absolute atomic E-state index is 0.198. The average Bonchev–Trinajstić information content (AvgIpc) is 2.55. The lowest BCUT2D eigenvalue weighted by Crippen LogP contribution is -2.21. The van der Waals surface area contributed by atoms with E-state index in [1.807, 2.05) is 0 Å². The summed E-state index contributed by atoms with van der Waals surface area (Å²) in [6.45, 7) is 6.92. The smallest absolute Gasteiger partial charge is 0.341 e. The SMILES string of the molecule is CC(C)(C)S(C)(C)C.COC(=O)c1cc(Cl)ccc1OC1CCCCC1. The standard InChI is InChI=1S/C14H17ClO3.C7H18S/c1-17-14(16)12-9-10(15)7-8-13(12)18-11-5-3-2-4-6-11;1-7(2,3)8(4,5)6/h7-9,11H,2-6H2,1H3;1-6H3. The molecule has 0 aromatic heterocycles. The summed E-state index contributed by atoms with van der Waals surface area (Å²) < 4.78 is 11.2. The van der Waals surface area contributed by atoms with Gasteiger partial charge < -0.3 is 9.47 Å². The number of methoxy groups -OCH3 is 1. The predicted octanol–water partition coefficient (Wildman–Crippen LogP) is 6.32. The molecule has 1 saturated carbocycles. The zero-order valence-corrected chi connectivity index (χ0v) is 18.9. The molecule has 1 fully saturated rings. The summed E-state index contributed by atoms with van der Waals surface area (Å²) in [5.41, 5.74) is 0.399. The van der Waals surface area contributed by atoms with Crippen molar-refractivity contribution in [2.75, 3.05) is 25.9 Å². The van der Waals surface area contributed by atoms with Gasteiger partial charge in [0.05, 0.1) is 13.2 Å². The minimum atomic E-state index is -0.414. The first-order valence-corrected chi connectivity index (χ1v) is 12.4. The van der Waals surface area contributed by atoms with Crippen LogP contribution in [0, 0.1) is 0 Å². The van der Waals surface area contributed by atoms with E-state index in [0.29, 0.717) is 21.1 Å². The molecule has 0 N–H and O–H groups in total. The van der Waals surface area contributed by atoms with Gasteiger partial charge in [-0.25, -0.2) is 14.8 Å². The van der Waals surface area contributed by atoms with Gasteiger partial charge in [-0.15, -0.1) is 0 Å². The molecule has 0 amide bonds. The van der Waals surface area contributed by atoms with Crippen molar-refractivity contribution in [2.45, 2.75) is 63.7 Å². The molecule has 3 nitrogen and oxygen atoms in total. The number of ether oxygens (including phenoxy) is 2. The van der Waals surface area contributed by atoms with Crippen LogP contribution in [0.3, 0.4) is 0 Å². The number of hydrogen-bond acceptors (Lipinski definition) is 3. The largest absolute Gasteiger partial charge is 0.490 e. The topological polar surface area (TPSA) is 35.5 Å². The van der Waals surface area contributed by atoms with Gasteiger partial charge >= 0.3 is 5.97 Å². The molecule has 26 heavy (non-hydrogen) atoms. The molecule has 0 radical (unpaired) electrons. The first-order chi connectivity index (χ1) is 12.0. The normalized spacial score (nSPS) is 16.3. The number of carbonyl (C=O) groups is 1. The van der Waals surface area contributed by atoms with Crippen molar-refractivity contribution in [3.8, 4) is 5.75 Å². The maximum Gasteiger partial charge on any atom is 0.341 e. The van der Waals surface area contributed by atoms with E-state index in [-0.39, 0.29) is 16.1 Å². The van der Waals surface area contributed by atoms with E-state index in [4.69, 9.17) is 21.1 Å². The van der Waals surface area contributed by atoms with E-state index in [1.165, 1.54) is 26.4 Å². The molecule has 1 aliphatic rings. The highest BCUT2D eigenvalue weighted by Crippen LogP contribution is 2.48. The van der Waals surface area contributed by atoms with Crippen LogP contribution in [-0.2, 0) is 4.74 Å². The molecule has 0 unspecified atom stereocenters. The molecule has 1 aliphatic carbocycles. The lowest BCUT2D eigenvalue weighted by atomic mass is 9.97. The summed E-state index contributed by atoms with van der Waals surface area (Å²) in [4.78, 5) is 11.7. The second-order valence-electron chi connectivity index (χ2n) is 8.46. The van der Waals surface area contributed by atoms with Crippen molar-refractivity contribution in [1.29, 1.82) is 0 Å². The Bertz CT molecular complexity index is 570. The van der Waals surface area contributed by atoms with Crippen LogP contribution in [0.2, 0.25) is 5.02 Å². The molecule has 0 spiro atoms. The van der Waals surface area contributed by atoms with Crippen molar-refractivity contribution in [1.82, 2.24) is 0 Å². The fourth-order valence-corrected chi connectivity index (χ4v) is 2.41. The van der Waals surface area contributed by atoms with Crippen LogP contribution >= 0.6 is 21.6 Å². The van der Waals surface area contributed by atoms with Gasteiger partial charge in [0.1, 0.15) is 11.3 Å². The third-order valence-electron chi connectivity index (χ3n) is 5.03. The number of esters is 1.